The normalized spacial score (nSPS) is 29.2. The monoisotopic (exact) mass is 487 g/mol. The number of hydrogen-bond donors (Lipinski definition) is 2. The van der Waals surface area contributed by atoms with Crippen LogP contribution in [0.15, 0.2) is 48.5 Å². The summed E-state index contributed by atoms with van der Waals surface area (Å²) in [6.07, 6.45) is -4.01. The van der Waals surface area contributed by atoms with Gasteiger partial charge in [0.1, 0.15) is 36.7 Å². The standard InChI is InChI=1S/C24H25NO10/c1-13(26)25-20-22(29-11-19(27)28)21-18(10-30-23(35-21)14-5-3-2-4-6-14)34-24(20)33-15-7-8-16-17(9-15)32-12-31-16/h2-9,18,20-24H,10-12H2,1H3,(H,25,26)(H,27,28). The molecule has 6 atom stereocenters. The first-order chi connectivity index (χ1) is 17.0. The molecule has 11 nitrogen and oxygen atoms in total. The van der Waals surface area contributed by atoms with E-state index in [1.165, 1.54) is 6.92 Å². The molecular weight excluding hydrogens is 462 g/mol. The molecule has 2 aromatic rings. The van der Waals surface area contributed by atoms with E-state index in [1.807, 2.05) is 30.3 Å². The Hall–Kier alpha value is -3.38. The van der Waals surface area contributed by atoms with Crippen molar-refractivity contribution in [3.05, 3.63) is 54.1 Å². The molecule has 2 fully saturated rings. The Morgan fingerprint density at radius 1 is 1.09 bits per heavy atom. The lowest BCUT2D eigenvalue weighted by atomic mass is 9.95. The van der Waals surface area contributed by atoms with Crippen LogP contribution in [-0.2, 0) is 28.5 Å². The third-order valence-corrected chi connectivity index (χ3v) is 5.78. The fraction of sp³-hybridized carbons (Fsp3) is 0.417. The van der Waals surface area contributed by atoms with Gasteiger partial charge in [-0.15, -0.1) is 0 Å². The van der Waals surface area contributed by atoms with Gasteiger partial charge in [0.2, 0.25) is 19.0 Å². The van der Waals surface area contributed by atoms with Gasteiger partial charge in [-0.1, -0.05) is 30.3 Å². The van der Waals surface area contributed by atoms with Crippen LogP contribution in [0.4, 0.5) is 0 Å². The van der Waals surface area contributed by atoms with E-state index >= 15 is 0 Å². The van der Waals surface area contributed by atoms with Crippen molar-refractivity contribution >= 4 is 11.9 Å². The fourth-order valence-corrected chi connectivity index (χ4v) is 4.29. The summed E-state index contributed by atoms with van der Waals surface area (Å²) in [4.78, 5) is 23.4. The molecule has 3 heterocycles. The fourth-order valence-electron chi connectivity index (χ4n) is 4.29. The predicted molar refractivity (Wildman–Crippen MR) is 117 cm³/mol. The molecule has 0 aliphatic carbocycles. The number of rotatable bonds is 7. The Bertz CT molecular complexity index is 1060. The Labute approximate surface area is 200 Å². The second-order valence-corrected chi connectivity index (χ2v) is 8.25. The average Bonchev–Trinajstić information content (AvgIpc) is 3.31. The largest absolute Gasteiger partial charge is 0.480 e. The lowest BCUT2D eigenvalue weighted by Gasteiger charge is -2.49. The van der Waals surface area contributed by atoms with Crippen LogP contribution in [0.5, 0.6) is 17.2 Å². The van der Waals surface area contributed by atoms with E-state index in [0.717, 1.165) is 5.56 Å². The first kappa shape index (κ1) is 23.4. The van der Waals surface area contributed by atoms with E-state index in [9.17, 15) is 14.7 Å². The van der Waals surface area contributed by atoms with Crippen LogP contribution in [0.2, 0.25) is 0 Å². The van der Waals surface area contributed by atoms with Crippen molar-refractivity contribution in [3.8, 4) is 17.2 Å². The van der Waals surface area contributed by atoms with E-state index < -0.39 is 49.5 Å². The minimum atomic E-state index is -1.16. The summed E-state index contributed by atoms with van der Waals surface area (Å²) < 4.78 is 40.8. The maximum atomic E-state index is 12.1. The second kappa shape index (κ2) is 10.1. The zero-order valence-corrected chi connectivity index (χ0v) is 18.8. The molecule has 0 spiro atoms. The van der Waals surface area contributed by atoms with Crippen molar-refractivity contribution in [1.82, 2.24) is 5.32 Å². The molecule has 5 rings (SSSR count). The van der Waals surface area contributed by atoms with Gasteiger partial charge in [-0.05, 0) is 12.1 Å². The maximum absolute atomic E-state index is 12.1. The molecule has 186 valence electrons. The molecule has 35 heavy (non-hydrogen) atoms. The Morgan fingerprint density at radius 3 is 2.66 bits per heavy atom. The summed E-state index contributed by atoms with van der Waals surface area (Å²) in [5, 5.41) is 12.0. The molecule has 3 aliphatic rings. The summed E-state index contributed by atoms with van der Waals surface area (Å²) >= 11 is 0. The molecular formula is C24H25NO10. The van der Waals surface area contributed by atoms with Crippen molar-refractivity contribution in [2.45, 2.75) is 43.9 Å². The van der Waals surface area contributed by atoms with Gasteiger partial charge in [0, 0.05) is 18.6 Å². The number of carbonyl (C=O) groups excluding carboxylic acids is 1. The molecule has 6 unspecified atom stereocenters. The minimum absolute atomic E-state index is 0.110. The van der Waals surface area contributed by atoms with Crippen LogP contribution >= 0.6 is 0 Å². The van der Waals surface area contributed by atoms with Crippen molar-refractivity contribution in [3.63, 3.8) is 0 Å². The smallest absolute Gasteiger partial charge is 0.329 e. The highest BCUT2D eigenvalue weighted by Crippen LogP contribution is 2.38. The molecule has 2 N–H and O–H groups in total. The quantitative estimate of drug-likeness (QED) is 0.594. The van der Waals surface area contributed by atoms with E-state index in [2.05, 4.69) is 5.32 Å². The Kier molecular flexibility index (Phi) is 6.73. The van der Waals surface area contributed by atoms with Crippen LogP contribution in [0.25, 0.3) is 0 Å². The highest BCUT2D eigenvalue weighted by atomic mass is 16.8. The van der Waals surface area contributed by atoms with Crippen molar-refractivity contribution in [2.75, 3.05) is 20.0 Å². The number of fused-ring (bicyclic) bond motifs is 2. The van der Waals surface area contributed by atoms with Crippen molar-refractivity contribution in [2.24, 2.45) is 0 Å². The van der Waals surface area contributed by atoms with Gasteiger partial charge in [0.25, 0.3) is 0 Å². The van der Waals surface area contributed by atoms with Crippen LogP contribution in [0.1, 0.15) is 18.8 Å². The van der Waals surface area contributed by atoms with Crippen LogP contribution in [0.3, 0.4) is 0 Å². The number of benzene rings is 2. The summed E-state index contributed by atoms with van der Waals surface area (Å²) in [5.74, 6) is -0.0173. The van der Waals surface area contributed by atoms with E-state index in [-0.39, 0.29) is 19.3 Å². The lowest BCUT2D eigenvalue weighted by Crippen LogP contribution is -2.68. The highest BCUT2D eigenvalue weighted by Gasteiger charge is 2.52. The average molecular weight is 487 g/mol. The number of nitrogens with one attached hydrogen (secondary N) is 1. The summed E-state index contributed by atoms with van der Waals surface area (Å²) in [5.41, 5.74) is 0.790. The number of amides is 1. The Morgan fingerprint density at radius 2 is 1.89 bits per heavy atom. The van der Waals surface area contributed by atoms with Gasteiger partial charge in [-0.3, -0.25) is 4.79 Å². The molecule has 2 aromatic carbocycles. The molecule has 0 aromatic heterocycles. The van der Waals surface area contributed by atoms with E-state index in [0.29, 0.717) is 17.2 Å². The first-order valence-corrected chi connectivity index (χ1v) is 11.1. The van der Waals surface area contributed by atoms with E-state index in [1.54, 1.807) is 18.2 Å². The zero-order chi connectivity index (χ0) is 24.4. The summed E-state index contributed by atoms with van der Waals surface area (Å²) in [7, 11) is 0. The SMILES string of the molecule is CC(=O)NC1C(Oc2ccc3c(c2)OCO3)OC2COC(c3ccccc3)OC2C1OCC(=O)O. The van der Waals surface area contributed by atoms with Crippen LogP contribution in [0, 0.1) is 0 Å². The summed E-state index contributed by atoms with van der Waals surface area (Å²) in [6, 6.07) is 13.5. The van der Waals surface area contributed by atoms with Crippen molar-refractivity contribution in [1.29, 1.82) is 0 Å². The molecule has 3 aliphatic heterocycles. The van der Waals surface area contributed by atoms with Crippen LogP contribution < -0.4 is 19.5 Å². The number of carboxylic acids is 1. The lowest BCUT2D eigenvalue weighted by molar-refractivity contribution is -0.337. The minimum Gasteiger partial charge on any atom is -0.480 e. The third-order valence-electron chi connectivity index (χ3n) is 5.78. The van der Waals surface area contributed by atoms with Gasteiger partial charge < -0.3 is 43.6 Å². The van der Waals surface area contributed by atoms with Gasteiger partial charge in [-0.2, -0.15) is 0 Å². The number of hydrogen-bond acceptors (Lipinski definition) is 9. The predicted octanol–water partition coefficient (Wildman–Crippen LogP) is 1.61. The summed E-state index contributed by atoms with van der Waals surface area (Å²) in [6.45, 7) is 1.00. The molecule has 0 saturated carbocycles. The number of carboxylic acid groups (broad SMARTS) is 1. The maximum Gasteiger partial charge on any atom is 0.329 e. The third kappa shape index (κ3) is 5.17. The van der Waals surface area contributed by atoms with Gasteiger partial charge in [0.15, 0.2) is 17.8 Å². The second-order valence-electron chi connectivity index (χ2n) is 8.25. The number of aliphatic carboxylic acids is 1. The molecule has 0 bridgehead atoms. The van der Waals surface area contributed by atoms with Crippen LogP contribution in [-0.4, -0.2) is 67.6 Å². The van der Waals surface area contributed by atoms with Gasteiger partial charge >= 0.3 is 5.97 Å². The van der Waals surface area contributed by atoms with Gasteiger partial charge in [-0.25, -0.2) is 4.79 Å². The van der Waals surface area contributed by atoms with Gasteiger partial charge in [0.05, 0.1) is 6.61 Å². The van der Waals surface area contributed by atoms with E-state index in [4.69, 9.17) is 33.2 Å². The molecule has 11 heteroatoms. The first-order valence-electron chi connectivity index (χ1n) is 11.1. The number of carbonyl (C=O) groups is 2. The number of ether oxygens (including phenoxy) is 7. The highest BCUT2D eigenvalue weighted by molar-refractivity contribution is 5.73. The zero-order valence-electron chi connectivity index (χ0n) is 18.8. The van der Waals surface area contributed by atoms with Crippen molar-refractivity contribution < 1.29 is 47.9 Å². The molecule has 2 saturated heterocycles. The topological polar surface area (TPSA) is 131 Å². The molecule has 0 radical (unpaired) electrons. The molecule has 1 amide bonds. The Balaban J connectivity index is 1.42.